The molecule has 7 heteroatoms. The fourth-order valence-electron chi connectivity index (χ4n) is 2.82. The second-order valence-corrected chi connectivity index (χ2v) is 5.37. The van der Waals surface area contributed by atoms with Gasteiger partial charge in [0.25, 0.3) is 0 Å². The molecule has 1 aromatic heterocycles. The number of piperidine rings is 1. The molecule has 0 radical (unpaired) electrons. The number of imidazole rings is 1. The van der Waals surface area contributed by atoms with Crippen LogP contribution in [0.25, 0.3) is 11.0 Å². The van der Waals surface area contributed by atoms with Gasteiger partial charge in [-0.15, -0.1) is 0 Å². The van der Waals surface area contributed by atoms with Crippen LogP contribution in [0.1, 0.15) is 24.4 Å². The summed E-state index contributed by atoms with van der Waals surface area (Å²) in [5.41, 5.74) is 0.00106. The maximum Gasteiger partial charge on any atom is 0.418 e. The van der Waals surface area contributed by atoms with Crippen LogP contribution in [-0.2, 0) is 6.18 Å². The molecule has 1 aliphatic heterocycles. The zero-order chi connectivity index (χ0) is 14.3. The second kappa shape index (κ2) is 4.89. The molecule has 2 aromatic rings. The lowest BCUT2D eigenvalue weighted by molar-refractivity contribution is -0.136. The zero-order valence-corrected chi connectivity index (χ0v) is 11.4. The lowest BCUT2D eigenvalue weighted by Crippen LogP contribution is -2.29. The molecular formula is C13H14F3N3S. The van der Waals surface area contributed by atoms with E-state index in [4.69, 9.17) is 12.2 Å². The summed E-state index contributed by atoms with van der Waals surface area (Å²) < 4.78 is 41.6. The lowest BCUT2D eigenvalue weighted by atomic mass is 10.1. The normalized spacial score (nSPS) is 17.8. The van der Waals surface area contributed by atoms with Crippen LogP contribution >= 0.6 is 12.2 Å². The molecule has 1 aromatic carbocycles. The number of benzene rings is 1. The number of H-pyrrole nitrogens is 1. The number of fused-ring (bicyclic) bond motifs is 1. The van der Waals surface area contributed by atoms with E-state index >= 15 is 0 Å². The van der Waals surface area contributed by atoms with Crippen molar-refractivity contribution < 1.29 is 13.2 Å². The number of nitrogens with zero attached hydrogens (tertiary/aromatic N) is 1. The Morgan fingerprint density at radius 1 is 1.20 bits per heavy atom. The average Bonchev–Trinajstić information content (AvgIpc) is 2.74. The monoisotopic (exact) mass is 301 g/mol. The van der Waals surface area contributed by atoms with E-state index in [9.17, 15) is 13.2 Å². The number of alkyl halides is 3. The first-order chi connectivity index (χ1) is 9.48. The molecule has 0 bridgehead atoms. The number of para-hydroxylation sites is 1. The molecule has 0 saturated carbocycles. The molecule has 1 aliphatic rings. The predicted molar refractivity (Wildman–Crippen MR) is 73.3 cm³/mol. The van der Waals surface area contributed by atoms with E-state index in [0.29, 0.717) is 10.3 Å². The third kappa shape index (κ3) is 2.25. The highest BCUT2D eigenvalue weighted by atomic mass is 32.1. The van der Waals surface area contributed by atoms with Gasteiger partial charge in [-0.2, -0.15) is 13.2 Å². The van der Waals surface area contributed by atoms with E-state index in [0.717, 1.165) is 32.0 Å². The number of aromatic nitrogens is 2. The Hall–Kier alpha value is -1.34. The fraction of sp³-hybridized carbons (Fsp3) is 0.462. The summed E-state index contributed by atoms with van der Waals surface area (Å²) in [7, 11) is 0. The molecule has 1 fully saturated rings. The molecule has 0 atom stereocenters. The van der Waals surface area contributed by atoms with Crippen LogP contribution in [0.2, 0.25) is 0 Å². The first-order valence-electron chi connectivity index (χ1n) is 6.49. The SMILES string of the molecule is FC(F)(F)c1cccc2[nH]c(=S)n(C3CCNCC3)c12. The van der Waals surface area contributed by atoms with Crippen LogP contribution < -0.4 is 5.32 Å². The zero-order valence-electron chi connectivity index (χ0n) is 10.6. The number of hydrogen-bond acceptors (Lipinski definition) is 2. The van der Waals surface area contributed by atoms with Gasteiger partial charge in [-0.3, -0.25) is 0 Å². The highest BCUT2D eigenvalue weighted by Gasteiger charge is 2.35. The number of rotatable bonds is 1. The Balaban J connectivity index is 2.25. The number of hydrogen-bond donors (Lipinski definition) is 2. The second-order valence-electron chi connectivity index (χ2n) is 4.98. The minimum absolute atomic E-state index is 0.0148. The van der Waals surface area contributed by atoms with Gasteiger partial charge in [0.05, 0.1) is 16.6 Å². The van der Waals surface area contributed by atoms with Crippen LogP contribution in [-0.4, -0.2) is 22.6 Å². The molecule has 3 nitrogen and oxygen atoms in total. The van der Waals surface area contributed by atoms with Gasteiger partial charge < -0.3 is 14.9 Å². The average molecular weight is 301 g/mol. The van der Waals surface area contributed by atoms with E-state index in [2.05, 4.69) is 10.3 Å². The molecule has 2 heterocycles. The largest absolute Gasteiger partial charge is 0.418 e. The Kier molecular flexibility index (Phi) is 3.33. The van der Waals surface area contributed by atoms with Crippen LogP contribution in [0.15, 0.2) is 18.2 Å². The molecule has 1 saturated heterocycles. The van der Waals surface area contributed by atoms with Gasteiger partial charge >= 0.3 is 6.18 Å². The Morgan fingerprint density at radius 3 is 2.55 bits per heavy atom. The van der Waals surface area contributed by atoms with Crippen LogP contribution in [0.4, 0.5) is 13.2 Å². The standard InChI is InChI=1S/C13H14F3N3S/c14-13(15,16)9-2-1-3-10-11(9)19(12(20)18-10)8-4-6-17-7-5-8/h1-3,8,17H,4-7H2,(H,18,20). The van der Waals surface area contributed by atoms with Crippen LogP contribution in [0.5, 0.6) is 0 Å². The smallest absolute Gasteiger partial charge is 0.331 e. The fourth-order valence-corrected chi connectivity index (χ4v) is 3.17. The molecule has 0 aliphatic carbocycles. The quantitative estimate of drug-likeness (QED) is 0.788. The molecule has 0 unspecified atom stereocenters. The summed E-state index contributed by atoms with van der Waals surface area (Å²) in [5, 5.41) is 3.21. The van der Waals surface area contributed by atoms with Gasteiger partial charge in [0.15, 0.2) is 4.77 Å². The topological polar surface area (TPSA) is 32.8 Å². The Morgan fingerprint density at radius 2 is 1.90 bits per heavy atom. The van der Waals surface area contributed by atoms with Crippen molar-refractivity contribution in [2.45, 2.75) is 25.1 Å². The summed E-state index contributed by atoms with van der Waals surface area (Å²) in [6.07, 6.45) is -2.81. The predicted octanol–water partition coefficient (Wildman–Crippen LogP) is 3.64. The summed E-state index contributed by atoms with van der Waals surface area (Å²) in [5.74, 6) is 0. The first kappa shape index (κ1) is 13.6. The van der Waals surface area contributed by atoms with E-state index in [-0.39, 0.29) is 11.6 Å². The van der Waals surface area contributed by atoms with Gasteiger partial charge in [0.1, 0.15) is 0 Å². The molecule has 0 spiro atoms. The first-order valence-corrected chi connectivity index (χ1v) is 6.90. The van der Waals surface area contributed by atoms with E-state index in [1.54, 1.807) is 10.6 Å². The minimum Gasteiger partial charge on any atom is -0.331 e. The highest BCUT2D eigenvalue weighted by molar-refractivity contribution is 7.71. The van der Waals surface area contributed by atoms with Crippen molar-refractivity contribution in [3.8, 4) is 0 Å². The van der Waals surface area contributed by atoms with Crippen molar-refractivity contribution >= 4 is 23.3 Å². The van der Waals surface area contributed by atoms with Gasteiger partial charge in [0.2, 0.25) is 0 Å². The molecule has 108 valence electrons. The minimum atomic E-state index is -4.38. The third-order valence-corrected chi connectivity index (χ3v) is 4.02. The Labute approximate surface area is 118 Å². The van der Waals surface area contributed by atoms with E-state index < -0.39 is 11.7 Å². The number of nitrogens with one attached hydrogen (secondary N) is 2. The van der Waals surface area contributed by atoms with Gasteiger partial charge in [0, 0.05) is 6.04 Å². The molecule has 0 amide bonds. The number of halogens is 3. The van der Waals surface area contributed by atoms with Crippen molar-refractivity contribution in [2.24, 2.45) is 0 Å². The van der Waals surface area contributed by atoms with Crippen molar-refractivity contribution in [3.63, 3.8) is 0 Å². The van der Waals surface area contributed by atoms with Crippen LogP contribution in [0, 0.1) is 4.77 Å². The summed E-state index contributed by atoms with van der Waals surface area (Å²) in [6.45, 7) is 1.60. The van der Waals surface area contributed by atoms with Crippen molar-refractivity contribution in [1.29, 1.82) is 0 Å². The summed E-state index contributed by atoms with van der Waals surface area (Å²) in [4.78, 5) is 2.89. The van der Waals surface area contributed by atoms with E-state index in [1.807, 2.05) is 0 Å². The van der Waals surface area contributed by atoms with Gasteiger partial charge in [-0.25, -0.2) is 0 Å². The molecule has 3 rings (SSSR count). The number of aromatic amines is 1. The van der Waals surface area contributed by atoms with Gasteiger partial charge in [-0.1, -0.05) is 6.07 Å². The van der Waals surface area contributed by atoms with Crippen LogP contribution in [0.3, 0.4) is 0 Å². The maximum atomic E-state index is 13.2. The van der Waals surface area contributed by atoms with Crippen molar-refractivity contribution in [1.82, 2.24) is 14.9 Å². The van der Waals surface area contributed by atoms with Crippen molar-refractivity contribution in [2.75, 3.05) is 13.1 Å². The molecule has 2 N–H and O–H groups in total. The van der Waals surface area contributed by atoms with E-state index in [1.165, 1.54) is 6.07 Å². The van der Waals surface area contributed by atoms with Gasteiger partial charge in [-0.05, 0) is 50.3 Å². The summed E-state index contributed by atoms with van der Waals surface area (Å²) in [6, 6.07) is 4.17. The van der Waals surface area contributed by atoms with Crippen molar-refractivity contribution in [3.05, 3.63) is 28.5 Å². The highest BCUT2D eigenvalue weighted by Crippen LogP contribution is 2.36. The molecule has 20 heavy (non-hydrogen) atoms. The third-order valence-electron chi connectivity index (χ3n) is 3.72. The molecular weight excluding hydrogens is 287 g/mol. The lowest BCUT2D eigenvalue weighted by Gasteiger charge is -2.25. The Bertz CT molecular complexity index is 680. The summed E-state index contributed by atoms with van der Waals surface area (Å²) >= 11 is 5.24. The maximum absolute atomic E-state index is 13.2.